The average Bonchev–Trinajstić information content (AvgIpc) is 3.44. The molecule has 2 N–H and O–H groups in total. The van der Waals surface area contributed by atoms with Gasteiger partial charge in [0.2, 0.25) is 10.0 Å². The number of carbonyl (C=O) groups excluding carboxylic acids is 1. The van der Waals surface area contributed by atoms with Crippen molar-refractivity contribution in [3.05, 3.63) is 65.7 Å². The number of benzene rings is 2. The first-order valence-corrected chi connectivity index (χ1v) is 10.0. The minimum Gasteiger partial charge on any atom is -0.480 e. The Morgan fingerprint density at radius 2 is 1.67 bits per heavy atom. The number of hydrogen-bond acceptors (Lipinski definition) is 4. The lowest BCUT2D eigenvalue weighted by molar-refractivity contribution is -0.137. The molecule has 1 saturated carbocycles. The summed E-state index contributed by atoms with van der Waals surface area (Å²) in [5.74, 6) is -1.59. The number of rotatable bonds is 8. The Labute approximate surface area is 157 Å². The van der Waals surface area contributed by atoms with E-state index >= 15 is 0 Å². The number of aliphatic carboxylic acids is 1. The maximum absolute atomic E-state index is 12.7. The predicted octanol–water partition coefficient (Wildman–Crippen LogP) is 1.85. The second kappa shape index (κ2) is 7.89. The Morgan fingerprint density at radius 3 is 2.22 bits per heavy atom. The third-order valence-corrected chi connectivity index (χ3v) is 5.68. The van der Waals surface area contributed by atoms with E-state index in [0.717, 1.165) is 18.4 Å². The molecule has 0 spiro atoms. The van der Waals surface area contributed by atoms with Crippen molar-refractivity contribution in [2.75, 3.05) is 6.54 Å². The van der Waals surface area contributed by atoms with Crippen LogP contribution in [0.3, 0.4) is 0 Å². The molecule has 0 bridgehead atoms. The molecule has 0 saturated heterocycles. The first-order valence-electron chi connectivity index (χ1n) is 8.52. The molecule has 142 valence electrons. The molecule has 2 aromatic rings. The van der Waals surface area contributed by atoms with Crippen molar-refractivity contribution in [3.8, 4) is 0 Å². The number of hydrogen-bond donors (Lipinski definition) is 2. The van der Waals surface area contributed by atoms with Crippen LogP contribution in [-0.4, -0.2) is 42.9 Å². The first kappa shape index (κ1) is 19.1. The Bertz CT molecular complexity index is 922. The lowest BCUT2D eigenvalue weighted by Gasteiger charge is -2.21. The van der Waals surface area contributed by atoms with Crippen LogP contribution in [0.5, 0.6) is 0 Å². The molecule has 1 aliphatic rings. The summed E-state index contributed by atoms with van der Waals surface area (Å²) < 4.78 is 27.0. The highest BCUT2D eigenvalue weighted by molar-refractivity contribution is 7.89. The Morgan fingerprint density at radius 1 is 1.04 bits per heavy atom. The van der Waals surface area contributed by atoms with E-state index in [4.69, 9.17) is 5.11 Å². The van der Waals surface area contributed by atoms with Crippen molar-refractivity contribution in [3.63, 3.8) is 0 Å². The van der Waals surface area contributed by atoms with Crippen LogP contribution in [0, 0.1) is 0 Å². The van der Waals surface area contributed by atoms with E-state index in [2.05, 4.69) is 4.72 Å². The fourth-order valence-corrected chi connectivity index (χ4v) is 3.92. The predicted molar refractivity (Wildman–Crippen MR) is 98.6 cm³/mol. The molecular weight excluding hydrogens is 368 g/mol. The molecule has 1 fully saturated rings. The van der Waals surface area contributed by atoms with Crippen molar-refractivity contribution in [1.29, 1.82) is 0 Å². The molecule has 0 radical (unpaired) electrons. The van der Waals surface area contributed by atoms with E-state index in [1.165, 1.54) is 29.2 Å². The first-order chi connectivity index (χ1) is 12.8. The number of carboxylic acids is 1. The van der Waals surface area contributed by atoms with E-state index in [1.54, 1.807) is 12.1 Å². The third kappa shape index (κ3) is 5.15. The van der Waals surface area contributed by atoms with Crippen LogP contribution in [0.1, 0.15) is 28.8 Å². The molecule has 0 unspecified atom stereocenters. The zero-order valence-corrected chi connectivity index (χ0v) is 15.4. The van der Waals surface area contributed by atoms with Gasteiger partial charge in [-0.05, 0) is 42.7 Å². The summed E-state index contributed by atoms with van der Waals surface area (Å²) in [5.41, 5.74) is 1.04. The van der Waals surface area contributed by atoms with Crippen LogP contribution in [0.15, 0.2) is 59.5 Å². The highest BCUT2D eigenvalue weighted by atomic mass is 32.2. The standard InChI is InChI=1S/C19H20N2O5S/c22-18(23)13-21(12-14-4-2-1-3-5-14)19(24)15-6-10-17(11-7-15)27(25,26)20-16-8-9-16/h1-7,10-11,16,20H,8-9,12-13H2,(H,22,23). The van der Waals surface area contributed by atoms with Gasteiger partial charge < -0.3 is 10.0 Å². The Kier molecular flexibility index (Phi) is 5.57. The average molecular weight is 388 g/mol. The zero-order chi connectivity index (χ0) is 19.4. The molecule has 0 aromatic heterocycles. The number of amides is 1. The number of carboxylic acid groups (broad SMARTS) is 1. The zero-order valence-electron chi connectivity index (χ0n) is 14.5. The van der Waals surface area contributed by atoms with Crippen LogP contribution in [-0.2, 0) is 21.4 Å². The second-order valence-corrected chi connectivity index (χ2v) is 8.17. The molecule has 0 atom stereocenters. The summed E-state index contributed by atoms with van der Waals surface area (Å²) in [6, 6.07) is 14.6. The van der Waals surface area contributed by atoms with E-state index in [0.29, 0.717) is 0 Å². The fourth-order valence-electron chi connectivity index (χ4n) is 2.61. The highest BCUT2D eigenvalue weighted by Gasteiger charge is 2.28. The van der Waals surface area contributed by atoms with Crippen LogP contribution < -0.4 is 4.72 Å². The quantitative estimate of drug-likeness (QED) is 0.718. The smallest absolute Gasteiger partial charge is 0.323 e. The molecule has 0 heterocycles. The lowest BCUT2D eigenvalue weighted by Crippen LogP contribution is -2.35. The highest BCUT2D eigenvalue weighted by Crippen LogP contribution is 2.22. The van der Waals surface area contributed by atoms with Gasteiger partial charge in [0.25, 0.3) is 5.91 Å². The van der Waals surface area contributed by atoms with Gasteiger partial charge in [0.05, 0.1) is 4.90 Å². The summed E-state index contributed by atoms with van der Waals surface area (Å²) in [5, 5.41) is 9.12. The van der Waals surface area contributed by atoms with Gasteiger partial charge >= 0.3 is 5.97 Å². The molecule has 8 heteroatoms. The minimum absolute atomic E-state index is 0.00626. The summed E-state index contributed by atoms with van der Waals surface area (Å²) in [6.45, 7) is -0.299. The fraction of sp³-hybridized carbons (Fsp3) is 0.263. The third-order valence-electron chi connectivity index (χ3n) is 4.14. The van der Waals surface area contributed by atoms with Crippen molar-refractivity contribution >= 4 is 21.9 Å². The van der Waals surface area contributed by atoms with Crippen molar-refractivity contribution in [2.24, 2.45) is 0 Å². The summed E-state index contributed by atoms with van der Waals surface area (Å²) >= 11 is 0. The molecule has 1 aliphatic carbocycles. The second-order valence-electron chi connectivity index (χ2n) is 6.46. The van der Waals surface area contributed by atoms with Crippen LogP contribution in [0.25, 0.3) is 0 Å². The molecule has 0 aliphatic heterocycles. The summed E-state index contributed by atoms with van der Waals surface area (Å²) in [4.78, 5) is 25.2. The van der Waals surface area contributed by atoms with Gasteiger partial charge in [0.15, 0.2) is 0 Å². The van der Waals surface area contributed by atoms with Gasteiger partial charge in [-0.2, -0.15) is 0 Å². The number of nitrogens with one attached hydrogen (secondary N) is 1. The topological polar surface area (TPSA) is 104 Å². The van der Waals surface area contributed by atoms with Gasteiger partial charge in [-0.15, -0.1) is 0 Å². The molecular formula is C19H20N2O5S. The normalized spacial score (nSPS) is 13.9. The van der Waals surface area contributed by atoms with E-state index in [1.807, 2.05) is 18.2 Å². The molecule has 1 amide bonds. The van der Waals surface area contributed by atoms with E-state index in [-0.39, 0.29) is 23.0 Å². The van der Waals surface area contributed by atoms with Gasteiger partial charge in [0, 0.05) is 18.2 Å². The van der Waals surface area contributed by atoms with E-state index in [9.17, 15) is 18.0 Å². The lowest BCUT2D eigenvalue weighted by atomic mass is 10.1. The van der Waals surface area contributed by atoms with E-state index < -0.39 is 28.4 Å². The minimum atomic E-state index is -3.60. The SMILES string of the molecule is O=C(O)CN(Cc1ccccc1)C(=O)c1ccc(S(=O)(=O)NC2CC2)cc1. The molecule has 2 aromatic carbocycles. The maximum Gasteiger partial charge on any atom is 0.323 e. The largest absolute Gasteiger partial charge is 0.480 e. The van der Waals surface area contributed by atoms with Crippen LogP contribution in [0.2, 0.25) is 0 Å². The Balaban J connectivity index is 1.77. The van der Waals surface area contributed by atoms with Gasteiger partial charge in [-0.25, -0.2) is 13.1 Å². The maximum atomic E-state index is 12.7. The van der Waals surface area contributed by atoms with Gasteiger partial charge in [0.1, 0.15) is 6.54 Å². The molecule has 7 nitrogen and oxygen atoms in total. The monoisotopic (exact) mass is 388 g/mol. The molecule has 3 rings (SSSR count). The summed E-state index contributed by atoms with van der Waals surface area (Å²) in [6.07, 6.45) is 1.67. The summed E-state index contributed by atoms with van der Waals surface area (Å²) in [7, 11) is -3.60. The number of carbonyl (C=O) groups is 2. The van der Waals surface area contributed by atoms with Crippen molar-refractivity contribution < 1.29 is 23.1 Å². The van der Waals surface area contributed by atoms with Gasteiger partial charge in [-0.3, -0.25) is 9.59 Å². The van der Waals surface area contributed by atoms with Gasteiger partial charge in [-0.1, -0.05) is 30.3 Å². The van der Waals surface area contributed by atoms with Crippen molar-refractivity contribution in [2.45, 2.75) is 30.3 Å². The van der Waals surface area contributed by atoms with Crippen LogP contribution in [0.4, 0.5) is 0 Å². The molecule has 27 heavy (non-hydrogen) atoms. The Hall–Kier alpha value is -2.71. The van der Waals surface area contributed by atoms with Crippen LogP contribution >= 0.6 is 0 Å². The number of nitrogens with zero attached hydrogens (tertiary/aromatic N) is 1. The number of sulfonamides is 1. The van der Waals surface area contributed by atoms with Crippen molar-refractivity contribution in [1.82, 2.24) is 9.62 Å².